The van der Waals surface area contributed by atoms with Gasteiger partial charge in [-0.3, -0.25) is 4.90 Å². The summed E-state index contributed by atoms with van der Waals surface area (Å²) in [6.07, 6.45) is -0.147. The van der Waals surface area contributed by atoms with Gasteiger partial charge in [0, 0.05) is 12.8 Å². The number of ether oxygens (including phenoxy) is 1. The summed E-state index contributed by atoms with van der Waals surface area (Å²) in [5.41, 5.74) is 5.63. The number of anilines is 1. The van der Waals surface area contributed by atoms with Crippen molar-refractivity contribution >= 4 is 21.6 Å². The molecule has 0 bridgehead atoms. The number of hydrogen-bond donors (Lipinski definition) is 1. The molecule has 104 valence electrons. The highest BCUT2D eigenvalue weighted by Crippen LogP contribution is 2.25. The molecule has 1 amide bonds. The van der Waals surface area contributed by atoms with Gasteiger partial charge in [0.2, 0.25) is 0 Å². The molecule has 1 aromatic rings. The third-order valence-electron chi connectivity index (χ3n) is 2.76. The topological polar surface area (TPSA) is 89.7 Å². The normalized spacial score (nSPS) is 19.6. The van der Waals surface area contributed by atoms with Crippen molar-refractivity contribution in [3.05, 3.63) is 24.0 Å². The lowest BCUT2D eigenvalue weighted by Gasteiger charge is -2.13. The van der Waals surface area contributed by atoms with Crippen molar-refractivity contribution in [2.45, 2.75) is 11.0 Å². The molecular weight excluding hydrogens is 275 g/mol. The van der Waals surface area contributed by atoms with E-state index in [1.807, 2.05) is 0 Å². The first-order valence-corrected chi connectivity index (χ1v) is 7.40. The molecule has 1 fully saturated rings. The molecule has 1 saturated heterocycles. The van der Waals surface area contributed by atoms with Crippen LogP contribution in [0.15, 0.2) is 23.1 Å². The van der Waals surface area contributed by atoms with Gasteiger partial charge in [-0.15, -0.1) is 0 Å². The summed E-state index contributed by atoms with van der Waals surface area (Å²) in [5.74, 6) is -0.899. The van der Waals surface area contributed by atoms with Gasteiger partial charge in [-0.25, -0.2) is 17.6 Å². The average molecular weight is 288 g/mol. The lowest BCUT2D eigenvalue weighted by molar-refractivity contribution is 0.145. The Balaban J connectivity index is 2.33. The van der Waals surface area contributed by atoms with E-state index in [0.717, 1.165) is 18.4 Å². The molecule has 1 heterocycles. The number of benzene rings is 1. The minimum Gasteiger partial charge on any atom is -0.443 e. The molecule has 0 saturated carbocycles. The molecule has 1 aliphatic heterocycles. The number of halogens is 1. The Hall–Kier alpha value is -1.67. The highest BCUT2D eigenvalue weighted by Gasteiger charge is 2.32. The molecule has 0 aromatic heterocycles. The molecule has 0 radical (unpaired) electrons. The Kier molecular flexibility index (Phi) is 3.46. The van der Waals surface area contributed by atoms with Crippen LogP contribution in [0.2, 0.25) is 0 Å². The summed E-state index contributed by atoms with van der Waals surface area (Å²) in [4.78, 5) is 12.4. The van der Waals surface area contributed by atoms with E-state index in [2.05, 4.69) is 0 Å². The van der Waals surface area contributed by atoms with Crippen molar-refractivity contribution in [1.82, 2.24) is 0 Å². The number of rotatable bonds is 3. The van der Waals surface area contributed by atoms with Gasteiger partial charge in [-0.1, -0.05) is 0 Å². The third kappa shape index (κ3) is 2.69. The summed E-state index contributed by atoms with van der Waals surface area (Å²) in [6, 6.07) is 3.49. The first-order valence-electron chi connectivity index (χ1n) is 5.50. The van der Waals surface area contributed by atoms with Crippen LogP contribution in [0.4, 0.5) is 14.9 Å². The Bertz CT molecular complexity index is 617. The first-order chi connectivity index (χ1) is 8.82. The smallest absolute Gasteiger partial charge is 0.414 e. The van der Waals surface area contributed by atoms with Crippen molar-refractivity contribution < 1.29 is 22.3 Å². The quantitative estimate of drug-likeness (QED) is 0.875. The second-order valence-electron chi connectivity index (χ2n) is 4.24. The minimum absolute atomic E-state index is 0.173. The fourth-order valence-corrected chi connectivity index (χ4v) is 2.54. The van der Waals surface area contributed by atoms with Gasteiger partial charge in [0.25, 0.3) is 0 Å². The monoisotopic (exact) mass is 288 g/mol. The van der Waals surface area contributed by atoms with E-state index in [0.29, 0.717) is 0 Å². The second-order valence-corrected chi connectivity index (χ2v) is 6.22. The molecule has 1 aliphatic rings. The summed E-state index contributed by atoms with van der Waals surface area (Å²) in [7, 11) is -3.63. The van der Waals surface area contributed by atoms with E-state index < -0.39 is 32.7 Å². The predicted molar refractivity (Wildman–Crippen MR) is 66.2 cm³/mol. The van der Waals surface area contributed by atoms with E-state index >= 15 is 0 Å². The summed E-state index contributed by atoms with van der Waals surface area (Å²) < 4.78 is 41.2. The standard InChI is InChI=1S/C11H13FN2O4S/c1-19(16,17)10-3-2-7(4-9(10)12)14-6-8(5-13)18-11(14)15/h2-4,8H,5-6,13H2,1H3/t8-/m0/s1. The molecule has 0 unspecified atom stereocenters. The van der Waals surface area contributed by atoms with Crippen LogP contribution < -0.4 is 10.6 Å². The number of amides is 1. The molecule has 1 atom stereocenters. The van der Waals surface area contributed by atoms with Gasteiger partial charge >= 0.3 is 6.09 Å². The zero-order valence-electron chi connectivity index (χ0n) is 10.2. The number of nitrogens with zero attached hydrogens (tertiary/aromatic N) is 1. The highest BCUT2D eigenvalue weighted by molar-refractivity contribution is 7.90. The van der Waals surface area contributed by atoms with Crippen molar-refractivity contribution in [2.24, 2.45) is 5.73 Å². The van der Waals surface area contributed by atoms with E-state index in [4.69, 9.17) is 10.5 Å². The number of carbonyl (C=O) groups excluding carboxylic acids is 1. The molecule has 8 heteroatoms. The van der Waals surface area contributed by atoms with Crippen LogP contribution in [0.3, 0.4) is 0 Å². The van der Waals surface area contributed by atoms with Crippen LogP contribution in [-0.4, -0.2) is 40.0 Å². The Morgan fingerprint density at radius 2 is 2.21 bits per heavy atom. The fourth-order valence-electron chi connectivity index (χ4n) is 1.81. The van der Waals surface area contributed by atoms with Crippen LogP contribution in [0.25, 0.3) is 0 Å². The lowest BCUT2D eigenvalue weighted by atomic mass is 10.2. The molecular formula is C11H13FN2O4S. The van der Waals surface area contributed by atoms with Gasteiger partial charge in [0.05, 0.1) is 12.2 Å². The first kappa shape index (κ1) is 13.8. The van der Waals surface area contributed by atoms with Crippen LogP contribution >= 0.6 is 0 Å². The zero-order valence-corrected chi connectivity index (χ0v) is 11.0. The molecule has 0 spiro atoms. The average Bonchev–Trinajstić information content (AvgIpc) is 2.68. The molecule has 0 aliphatic carbocycles. The van der Waals surface area contributed by atoms with Gasteiger partial charge in [-0.05, 0) is 18.2 Å². The molecule has 19 heavy (non-hydrogen) atoms. The number of sulfone groups is 1. The molecule has 6 nitrogen and oxygen atoms in total. The van der Waals surface area contributed by atoms with Gasteiger partial charge in [-0.2, -0.15) is 0 Å². The van der Waals surface area contributed by atoms with E-state index in [-0.39, 0.29) is 18.8 Å². The fraction of sp³-hybridized carbons (Fsp3) is 0.364. The summed E-state index contributed by atoms with van der Waals surface area (Å²) in [5, 5.41) is 0. The van der Waals surface area contributed by atoms with Gasteiger partial charge < -0.3 is 10.5 Å². The SMILES string of the molecule is CS(=O)(=O)c1ccc(N2C[C@H](CN)OC2=O)cc1F. The number of nitrogens with two attached hydrogens (primary N) is 1. The number of carbonyl (C=O) groups is 1. The van der Waals surface area contributed by atoms with Crippen molar-refractivity contribution in [3.63, 3.8) is 0 Å². The summed E-state index contributed by atoms with van der Waals surface area (Å²) >= 11 is 0. The van der Waals surface area contributed by atoms with Crippen molar-refractivity contribution in [3.8, 4) is 0 Å². The Morgan fingerprint density at radius 3 is 2.68 bits per heavy atom. The van der Waals surface area contributed by atoms with Crippen LogP contribution in [0.5, 0.6) is 0 Å². The lowest BCUT2D eigenvalue weighted by Crippen LogP contribution is -2.27. The van der Waals surface area contributed by atoms with Crippen molar-refractivity contribution in [2.75, 3.05) is 24.2 Å². The summed E-state index contributed by atoms with van der Waals surface area (Å²) in [6.45, 7) is 0.388. The maximum Gasteiger partial charge on any atom is 0.414 e. The predicted octanol–water partition coefficient (Wildman–Crippen LogP) is 0.513. The Labute approximate surface area is 109 Å². The number of cyclic esters (lactones) is 1. The minimum atomic E-state index is -3.63. The zero-order chi connectivity index (χ0) is 14.2. The third-order valence-corrected chi connectivity index (χ3v) is 3.89. The van der Waals surface area contributed by atoms with Crippen molar-refractivity contribution in [1.29, 1.82) is 0 Å². The molecule has 1 aromatic carbocycles. The number of hydrogen-bond acceptors (Lipinski definition) is 5. The van der Waals surface area contributed by atoms with Crippen LogP contribution in [0.1, 0.15) is 0 Å². The van der Waals surface area contributed by atoms with Gasteiger partial charge in [0.15, 0.2) is 9.84 Å². The Morgan fingerprint density at radius 1 is 1.53 bits per heavy atom. The maximum absolute atomic E-state index is 13.7. The van der Waals surface area contributed by atoms with Gasteiger partial charge in [0.1, 0.15) is 16.8 Å². The van der Waals surface area contributed by atoms with E-state index in [1.54, 1.807) is 0 Å². The van der Waals surface area contributed by atoms with Crippen LogP contribution in [0, 0.1) is 5.82 Å². The largest absolute Gasteiger partial charge is 0.443 e. The van der Waals surface area contributed by atoms with E-state index in [1.165, 1.54) is 11.0 Å². The highest BCUT2D eigenvalue weighted by atomic mass is 32.2. The van der Waals surface area contributed by atoms with Crippen LogP contribution in [-0.2, 0) is 14.6 Å². The molecule has 2 N–H and O–H groups in total. The second kappa shape index (κ2) is 4.78. The molecule has 2 rings (SSSR count). The van der Waals surface area contributed by atoms with E-state index in [9.17, 15) is 17.6 Å². The maximum atomic E-state index is 13.7.